The molecule has 3 N–H and O–H groups in total. The van der Waals surface area contributed by atoms with E-state index >= 15 is 0 Å². The lowest BCUT2D eigenvalue weighted by Crippen LogP contribution is -2.24. The first-order valence-electron chi connectivity index (χ1n) is 11.6. The normalized spacial score (nSPS) is 13.1. The van der Waals surface area contributed by atoms with Crippen LogP contribution in [0.1, 0.15) is 40.3 Å². The summed E-state index contributed by atoms with van der Waals surface area (Å²) in [7, 11) is 0. The number of thiophene rings is 1. The van der Waals surface area contributed by atoms with Crippen LogP contribution in [-0.2, 0) is 13.0 Å². The Morgan fingerprint density at radius 1 is 0.886 bits per heavy atom. The van der Waals surface area contributed by atoms with Crippen LogP contribution in [0, 0.1) is 6.92 Å². The van der Waals surface area contributed by atoms with E-state index in [0.717, 1.165) is 31.5 Å². The van der Waals surface area contributed by atoms with Crippen LogP contribution in [-0.4, -0.2) is 21.5 Å². The highest BCUT2D eigenvalue weighted by atomic mass is 32.1. The second kappa shape index (κ2) is 9.71. The molecule has 0 spiro atoms. The number of hydrogen-bond donors (Lipinski definition) is 3. The van der Waals surface area contributed by atoms with Crippen molar-refractivity contribution < 1.29 is 9.59 Å². The Bertz CT molecular complexity index is 1460. The fourth-order valence-electron chi connectivity index (χ4n) is 4.27. The van der Waals surface area contributed by atoms with Crippen LogP contribution in [0.5, 0.6) is 0 Å². The van der Waals surface area contributed by atoms with Crippen LogP contribution >= 0.6 is 11.3 Å². The number of fused-ring (bicyclic) bond motifs is 2. The van der Waals surface area contributed by atoms with Gasteiger partial charge in [-0.05, 0) is 61.7 Å². The molecule has 0 atom stereocenters. The molecule has 0 saturated heterocycles. The van der Waals surface area contributed by atoms with Gasteiger partial charge in [0.25, 0.3) is 11.5 Å². The first-order chi connectivity index (χ1) is 17.0. The third kappa shape index (κ3) is 4.81. The van der Waals surface area contributed by atoms with Crippen molar-refractivity contribution in [2.75, 3.05) is 16.0 Å². The minimum atomic E-state index is -0.355. The molecule has 3 amide bonds. The standard InChI is InChI=1S/C26H25N5O3S/c1-16-21-24(30-20-10-6-3-7-15-31(20)25(21)33)35-22(16)23(32)27-18-11-13-19(14-12-18)29-26(34)28-17-8-4-2-5-9-17/h2,4-5,8-9,11-14H,3,6-7,10,15H2,1H3,(H,27,32)(H2,28,29,34). The average Bonchev–Trinajstić information content (AvgIpc) is 3.01. The van der Waals surface area contributed by atoms with Crippen molar-refractivity contribution >= 4 is 50.6 Å². The lowest BCUT2D eigenvalue weighted by Gasteiger charge is -2.09. The summed E-state index contributed by atoms with van der Waals surface area (Å²) in [6, 6.07) is 15.7. The number of carbonyl (C=O) groups excluding carboxylic acids is 2. The molecule has 0 radical (unpaired) electrons. The second-order valence-corrected chi connectivity index (χ2v) is 9.51. The number of carbonyl (C=O) groups is 2. The predicted octanol–water partition coefficient (Wildman–Crippen LogP) is 5.39. The number of benzene rings is 2. The van der Waals surface area contributed by atoms with E-state index in [-0.39, 0.29) is 17.5 Å². The van der Waals surface area contributed by atoms with Gasteiger partial charge in [0.05, 0.1) is 10.3 Å². The molecule has 0 fully saturated rings. The van der Waals surface area contributed by atoms with E-state index in [9.17, 15) is 14.4 Å². The molecule has 0 bridgehead atoms. The van der Waals surface area contributed by atoms with Crippen molar-refractivity contribution in [3.05, 3.63) is 81.2 Å². The Balaban J connectivity index is 1.30. The minimum absolute atomic E-state index is 0.0519. The molecular formula is C26H25N5O3S. The van der Waals surface area contributed by atoms with Gasteiger partial charge in [0.1, 0.15) is 10.7 Å². The van der Waals surface area contributed by atoms with Crippen LogP contribution in [0.2, 0.25) is 0 Å². The zero-order valence-corrected chi connectivity index (χ0v) is 20.1. The molecule has 0 saturated carbocycles. The summed E-state index contributed by atoms with van der Waals surface area (Å²) in [5, 5.41) is 8.94. The predicted molar refractivity (Wildman–Crippen MR) is 140 cm³/mol. The number of nitrogens with one attached hydrogen (secondary N) is 3. The summed E-state index contributed by atoms with van der Waals surface area (Å²) in [4.78, 5) is 44.2. The van der Waals surface area contributed by atoms with Gasteiger partial charge in [-0.25, -0.2) is 9.78 Å². The van der Waals surface area contributed by atoms with Gasteiger partial charge in [-0.2, -0.15) is 0 Å². The fraction of sp³-hybridized carbons (Fsp3) is 0.231. The highest BCUT2D eigenvalue weighted by Gasteiger charge is 2.22. The quantitative estimate of drug-likeness (QED) is 0.359. The van der Waals surface area contributed by atoms with E-state index in [4.69, 9.17) is 4.98 Å². The number of aryl methyl sites for hydroxylation is 2. The average molecular weight is 488 g/mol. The Hall–Kier alpha value is -3.98. The van der Waals surface area contributed by atoms with Gasteiger partial charge in [-0.15, -0.1) is 11.3 Å². The molecule has 2 aromatic heterocycles. The lowest BCUT2D eigenvalue weighted by atomic mass is 10.2. The highest BCUT2D eigenvalue weighted by Crippen LogP contribution is 2.29. The molecular weight excluding hydrogens is 462 g/mol. The van der Waals surface area contributed by atoms with Crippen LogP contribution in [0.15, 0.2) is 59.4 Å². The van der Waals surface area contributed by atoms with Crippen molar-refractivity contribution in [1.82, 2.24) is 9.55 Å². The van der Waals surface area contributed by atoms with Crippen LogP contribution < -0.4 is 21.5 Å². The van der Waals surface area contributed by atoms with Crippen LogP contribution in [0.25, 0.3) is 10.2 Å². The van der Waals surface area contributed by atoms with Crippen molar-refractivity contribution in [2.45, 2.75) is 39.2 Å². The number of amides is 3. The van der Waals surface area contributed by atoms with E-state index in [1.807, 2.05) is 18.2 Å². The largest absolute Gasteiger partial charge is 0.323 e. The first-order valence-corrected chi connectivity index (χ1v) is 12.4. The Kier molecular flexibility index (Phi) is 6.33. The molecule has 1 aliphatic heterocycles. The maximum absolute atomic E-state index is 13.1. The second-order valence-electron chi connectivity index (χ2n) is 8.51. The third-order valence-electron chi connectivity index (χ3n) is 6.05. The van der Waals surface area contributed by atoms with Crippen LogP contribution in [0.4, 0.5) is 21.9 Å². The molecule has 3 heterocycles. The molecule has 5 rings (SSSR count). The zero-order valence-electron chi connectivity index (χ0n) is 19.3. The number of urea groups is 1. The Morgan fingerprint density at radius 2 is 1.54 bits per heavy atom. The van der Waals surface area contributed by atoms with Crippen LogP contribution in [0.3, 0.4) is 0 Å². The smallest absolute Gasteiger partial charge is 0.321 e. The van der Waals surface area contributed by atoms with E-state index in [0.29, 0.717) is 44.3 Å². The molecule has 35 heavy (non-hydrogen) atoms. The first kappa shape index (κ1) is 22.8. The zero-order chi connectivity index (χ0) is 24.4. The molecule has 2 aromatic carbocycles. The number of rotatable bonds is 4. The summed E-state index contributed by atoms with van der Waals surface area (Å²) >= 11 is 1.26. The maximum Gasteiger partial charge on any atom is 0.323 e. The fourth-order valence-corrected chi connectivity index (χ4v) is 5.35. The third-order valence-corrected chi connectivity index (χ3v) is 7.23. The van der Waals surface area contributed by atoms with Crippen molar-refractivity contribution in [1.29, 1.82) is 0 Å². The monoisotopic (exact) mass is 487 g/mol. The van der Waals surface area contributed by atoms with Crippen molar-refractivity contribution in [3.8, 4) is 0 Å². The van der Waals surface area contributed by atoms with Gasteiger partial charge >= 0.3 is 6.03 Å². The van der Waals surface area contributed by atoms with E-state index < -0.39 is 0 Å². The van der Waals surface area contributed by atoms with Gasteiger partial charge in [-0.1, -0.05) is 24.6 Å². The molecule has 4 aromatic rings. The van der Waals surface area contributed by atoms with Crippen molar-refractivity contribution in [3.63, 3.8) is 0 Å². The molecule has 9 heteroatoms. The number of para-hydroxylation sites is 1. The topological polar surface area (TPSA) is 105 Å². The number of aromatic nitrogens is 2. The summed E-state index contributed by atoms with van der Waals surface area (Å²) in [5.41, 5.74) is 2.48. The molecule has 0 aliphatic carbocycles. The molecule has 0 unspecified atom stereocenters. The van der Waals surface area contributed by atoms with E-state index in [1.165, 1.54) is 11.3 Å². The maximum atomic E-state index is 13.1. The SMILES string of the molecule is Cc1c(C(=O)Nc2ccc(NC(=O)Nc3ccccc3)cc2)sc2nc3n(c(=O)c12)CCCCC3. The summed E-state index contributed by atoms with van der Waals surface area (Å²) in [6.45, 7) is 2.48. The van der Waals surface area contributed by atoms with E-state index in [1.54, 1.807) is 47.9 Å². The van der Waals surface area contributed by atoms with Gasteiger partial charge < -0.3 is 16.0 Å². The summed E-state index contributed by atoms with van der Waals surface area (Å²) in [6.07, 6.45) is 3.87. The molecule has 8 nitrogen and oxygen atoms in total. The lowest BCUT2D eigenvalue weighted by molar-refractivity contribution is 0.103. The summed E-state index contributed by atoms with van der Waals surface area (Å²) < 4.78 is 1.77. The molecule has 1 aliphatic rings. The summed E-state index contributed by atoms with van der Waals surface area (Å²) in [5.74, 6) is 0.528. The number of nitrogens with zero attached hydrogens (tertiary/aromatic N) is 2. The van der Waals surface area contributed by atoms with Gasteiger partial charge in [0, 0.05) is 30.0 Å². The highest BCUT2D eigenvalue weighted by molar-refractivity contribution is 7.20. The van der Waals surface area contributed by atoms with Gasteiger partial charge in [0.2, 0.25) is 0 Å². The Morgan fingerprint density at radius 3 is 2.26 bits per heavy atom. The van der Waals surface area contributed by atoms with E-state index in [2.05, 4.69) is 16.0 Å². The van der Waals surface area contributed by atoms with Crippen molar-refractivity contribution in [2.24, 2.45) is 0 Å². The Labute approximate surface area is 206 Å². The van der Waals surface area contributed by atoms with Gasteiger partial charge in [0.15, 0.2) is 0 Å². The molecule has 178 valence electrons. The number of hydrogen-bond acceptors (Lipinski definition) is 5. The van der Waals surface area contributed by atoms with Gasteiger partial charge in [-0.3, -0.25) is 14.2 Å². The number of anilines is 3. The minimum Gasteiger partial charge on any atom is -0.321 e.